The Morgan fingerprint density at radius 1 is 1.19 bits per heavy atom. The van der Waals surface area contributed by atoms with E-state index < -0.39 is 10.0 Å². The molecule has 0 bridgehead atoms. The van der Waals surface area contributed by atoms with Crippen LogP contribution in [-0.4, -0.2) is 56.1 Å². The number of rotatable bonds is 7. The summed E-state index contributed by atoms with van der Waals surface area (Å²) >= 11 is 0. The maximum atomic E-state index is 13.1. The van der Waals surface area contributed by atoms with Gasteiger partial charge in [0.25, 0.3) is 0 Å². The highest BCUT2D eigenvalue weighted by atomic mass is 32.2. The predicted octanol–water partition coefficient (Wildman–Crippen LogP) is 2.25. The van der Waals surface area contributed by atoms with Crippen molar-refractivity contribution in [2.75, 3.05) is 25.5 Å². The molecule has 1 fully saturated rings. The van der Waals surface area contributed by atoms with E-state index >= 15 is 0 Å². The Bertz CT molecular complexity index is 1090. The number of benzene rings is 1. The summed E-state index contributed by atoms with van der Waals surface area (Å²) in [6.07, 6.45) is 4.00. The molecule has 0 radical (unpaired) electrons. The first kappa shape index (κ1) is 21.6. The first-order valence-corrected chi connectivity index (χ1v) is 11.8. The van der Waals surface area contributed by atoms with Crippen molar-refractivity contribution in [1.82, 2.24) is 9.21 Å². The molecule has 2 heterocycles. The van der Waals surface area contributed by atoms with Crippen LogP contribution in [0.15, 0.2) is 45.9 Å². The average molecular weight is 446 g/mol. The molecular weight excluding hydrogens is 418 g/mol. The fraction of sp³-hybridized carbons (Fsp3) is 0.455. The molecule has 1 unspecified atom stereocenters. The van der Waals surface area contributed by atoms with Gasteiger partial charge < -0.3 is 14.2 Å². The van der Waals surface area contributed by atoms with Gasteiger partial charge in [0.05, 0.1) is 24.2 Å². The van der Waals surface area contributed by atoms with Crippen molar-refractivity contribution in [3.8, 4) is 0 Å². The quantitative estimate of drug-likeness (QED) is 0.652. The Morgan fingerprint density at radius 2 is 1.94 bits per heavy atom. The van der Waals surface area contributed by atoms with E-state index in [2.05, 4.69) is 0 Å². The minimum atomic E-state index is -3.85. The molecule has 1 aliphatic heterocycles. The van der Waals surface area contributed by atoms with E-state index in [-0.39, 0.29) is 41.8 Å². The van der Waals surface area contributed by atoms with Crippen LogP contribution in [0.4, 0.5) is 5.69 Å². The summed E-state index contributed by atoms with van der Waals surface area (Å²) in [5, 5.41) is 0. The average Bonchev–Trinajstić information content (AvgIpc) is 3.35. The zero-order valence-corrected chi connectivity index (χ0v) is 18.8. The predicted molar refractivity (Wildman–Crippen MR) is 115 cm³/mol. The lowest BCUT2D eigenvalue weighted by Crippen LogP contribution is -2.39. The summed E-state index contributed by atoms with van der Waals surface area (Å²) in [5.74, 6) is 0.522. The number of nitrogens with zero attached hydrogens (tertiary/aromatic N) is 3. The summed E-state index contributed by atoms with van der Waals surface area (Å²) < 4.78 is 32.5. The van der Waals surface area contributed by atoms with E-state index in [1.807, 2.05) is 6.92 Å². The van der Waals surface area contributed by atoms with Crippen molar-refractivity contribution < 1.29 is 22.4 Å². The van der Waals surface area contributed by atoms with Crippen molar-refractivity contribution >= 4 is 27.5 Å². The molecule has 0 N–H and O–H groups in total. The number of carbonyl (C=O) groups is 2. The zero-order valence-electron chi connectivity index (χ0n) is 17.9. The van der Waals surface area contributed by atoms with Gasteiger partial charge in [-0.25, -0.2) is 8.42 Å². The number of furan rings is 1. The molecule has 0 saturated heterocycles. The second kappa shape index (κ2) is 8.12. The maximum Gasteiger partial charge on any atom is 0.243 e. The van der Waals surface area contributed by atoms with Gasteiger partial charge in [-0.2, -0.15) is 4.31 Å². The molecule has 8 nitrogen and oxygen atoms in total. The standard InChI is InChI=1S/C22H27N3O5S/c1-15-11-17-12-19(8-9-20(17)25(15)22(27)16-6-7-16)31(28,29)24(3)14-21(26)23(2)13-18-5-4-10-30-18/h4-5,8-10,12,15-16H,6-7,11,13-14H2,1-3H3. The van der Waals surface area contributed by atoms with Crippen LogP contribution in [0.3, 0.4) is 0 Å². The van der Waals surface area contributed by atoms with Crippen molar-refractivity contribution in [2.45, 2.75) is 43.7 Å². The number of likely N-dealkylation sites (N-methyl/N-ethyl adjacent to an activating group) is 2. The molecule has 0 spiro atoms. The lowest BCUT2D eigenvalue weighted by molar-refractivity contribution is -0.130. The van der Waals surface area contributed by atoms with E-state index in [0.29, 0.717) is 12.2 Å². The van der Waals surface area contributed by atoms with Gasteiger partial charge in [-0.3, -0.25) is 9.59 Å². The molecule has 2 aromatic rings. The van der Waals surface area contributed by atoms with Crippen molar-refractivity contribution in [3.05, 3.63) is 47.9 Å². The summed E-state index contributed by atoms with van der Waals surface area (Å²) in [5.41, 5.74) is 1.64. The number of hydrogen-bond donors (Lipinski definition) is 0. The molecule has 31 heavy (non-hydrogen) atoms. The number of sulfonamides is 1. The zero-order chi connectivity index (χ0) is 22.3. The van der Waals surface area contributed by atoms with Crippen molar-refractivity contribution in [1.29, 1.82) is 0 Å². The van der Waals surface area contributed by atoms with Gasteiger partial charge in [0.15, 0.2) is 0 Å². The number of hydrogen-bond acceptors (Lipinski definition) is 5. The molecular formula is C22H27N3O5S. The molecule has 1 aliphatic carbocycles. The third-order valence-electron chi connectivity index (χ3n) is 5.90. The van der Waals surface area contributed by atoms with Gasteiger partial charge in [0.1, 0.15) is 5.76 Å². The van der Waals surface area contributed by atoms with E-state index in [1.165, 1.54) is 24.3 Å². The van der Waals surface area contributed by atoms with Crippen LogP contribution in [0.2, 0.25) is 0 Å². The lowest BCUT2D eigenvalue weighted by atomic mass is 10.1. The number of amides is 2. The van der Waals surface area contributed by atoms with E-state index in [4.69, 9.17) is 4.42 Å². The second-order valence-electron chi connectivity index (χ2n) is 8.42. The minimum Gasteiger partial charge on any atom is -0.467 e. The lowest BCUT2D eigenvalue weighted by Gasteiger charge is -2.23. The topological polar surface area (TPSA) is 91.1 Å². The van der Waals surface area contributed by atoms with Crippen LogP contribution in [0, 0.1) is 5.92 Å². The van der Waals surface area contributed by atoms with E-state index in [0.717, 1.165) is 28.4 Å². The Kier molecular flexibility index (Phi) is 5.65. The van der Waals surface area contributed by atoms with E-state index in [1.54, 1.807) is 36.2 Å². The van der Waals surface area contributed by atoms with Gasteiger partial charge in [-0.05, 0) is 62.1 Å². The van der Waals surface area contributed by atoms with Crippen molar-refractivity contribution in [2.24, 2.45) is 5.92 Å². The Hall–Kier alpha value is -2.65. The Morgan fingerprint density at radius 3 is 2.58 bits per heavy atom. The molecule has 166 valence electrons. The van der Waals surface area contributed by atoms with Gasteiger partial charge >= 0.3 is 0 Å². The molecule has 9 heteroatoms. The number of fused-ring (bicyclic) bond motifs is 1. The van der Waals surface area contributed by atoms with Gasteiger partial charge in [-0.15, -0.1) is 0 Å². The molecule has 1 aromatic heterocycles. The SMILES string of the molecule is CC1Cc2cc(S(=O)(=O)N(C)CC(=O)N(C)Cc3ccco3)ccc2N1C(=O)C1CC1. The van der Waals surface area contributed by atoms with Gasteiger partial charge in [0, 0.05) is 31.7 Å². The van der Waals surface area contributed by atoms with Crippen molar-refractivity contribution in [3.63, 3.8) is 0 Å². The molecule has 2 amide bonds. The number of anilines is 1. The summed E-state index contributed by atoms with van der Waals surface area (Å²) in [6.45, 7) is 1.97. The third-order valence-corrected chi connectivity index (χ3v) is 7.69. The molecule has 1 saturated carbocycles. The third kappa shape index (κ3) is 4.24. The summed E-state index contributed by atoms with van der Waals surface area (Å²) in [7, 11) is -0.851. The Balaban J connectivity index is 1.47. The van der Waals surface area contributed by atoms with Crippen LogP contribution < -0.4 is 4.90 Å². The fourth-order valence-electron chi connectivity index (χ4n) is 3.93. The largest absolute Gasteiger partial charge is 0.467 e. The smallest absolute Gasteiger partial charge is 0.243 e. The van der Waals surface area contributed by atoms with Crippen LogP contribution >= 0.6 is 0 Å². The highest BCUT2D eigenvalue weighted by Crippen LogP contribution is 2.39. The monoisotopic (exact) mass is 445 g/mol. The molecule has 1 aromatic carbocycles. The summed E-state index contributed by atoms with van der Waals surface area (Å²) in [4.78, 5) is 28.5. The molecule has 2 aliphatic rings. The van der Waals surface area contributed by atoms with Crippen LogP contribution in [0.1, 0.15) is 31.1 Å². The maximum absolute atomic E-state index is 13.1. The summed E-state index contributed by atoms with van der Waals surface area (Å²) in [6, 6.07) is 8.37. The fourth-order valence-corrected chi connectivity index (χ4v) is 5.10. The highest BCUT2D eigenvalue weighted by molar-refractivity contribution is 7.89. The highest BCUT2D eigenvalue weighted by Gasteiger charge is 2.40. The van der Waals surface area contributed by atoms with Crippen LogP contribution in [-0.2, 0) is 32.6 Å². The van der Waals surface area contributed by atoms with Crippen LogP contribution in [0.5, 0.6) is 0 Å². The first-order chi connectivity index (χ1) is 14.7. The van der Waals surface area contributed by atoms with E-state index in [9.17, 15) is 18.0 Å². The molecule has 1 atom stereocenters. The minimum absolute atomic E-state index is 0.00983. The second-order valence-corrected chi connectivity index (χ2v) is 10.5. The normalized spacial score (nSPS) is 18.3. The van der Waals surface area contributed by atoms with Gasteiger partial charge in [-0.1, -0.05) is 0 Å². The van der Waals surface area contributed by atoms with Crippen LogP contribution in [0.25, 0.3) is 0 Å². The van der Waals surface area contributed by atoms with Gasteiger partial charge in [0.2, 0.25) is 21.8 Å². The Labute approximate surface area is 182 Å². The molecule has 4 rings (SSSR count). The first-order valence-electron chi connectivity index (χ1n) is 10.4. The number of carbonyl (C=O) groups excluding carboxylic acids is 2.